The third kappa shape index (κ3) is 4.06. The maximum absolute atomic E-state index is 12.8. The minimum Gasteiger partial charge on any atom is -0.433 e. The van der Waals surface area contributed by atoms with E-state index in [1.54, 1.807) is 12.1 Å². The first kappa shape index (κ1) is 21.2. The van der Waals surface area contributed by atoms with Crippen LogP contribution < -0.4 is 20.3 Å². The molecule has 0 bridgehead atoms. The summed E-state index contributed by atoms with van der Waals surface area (Å²) in [4.78, 5) is 6.75. The first-order valence-corrected chi connectivity index (χ1v) is 10.9. The molecule has 1 saturated carbocycles. The van der Waals surface area contributed by atoms with Crippen LogP contribution in [0, 0.1) is 11.3 Å². The molecular weight excluding hydrogens is 390 g/mol. The standard InChI is InChI=1S/C22H32F2N4O2/c1-4-25-21(27-18-15-10-12-29-19(15)22(18,2)3)26-14-9-11-28(13-14)16-7-5-6-8-17(16)30-20(23)24/h5-8,14-15,18-20H,4,9-13H2,1-3H3,(H2,25,26,27). The Morgan fingerprint density at radius 2 is 2.10 bits per heavy atom. The monoisotopic (exact) mass is 422 g/mol. The van der Waals surface area contributed by atoms with E-state index in [0.717, 1.165) is 32.0 Å². The molecule has 0 amide bonds. The molecule has 4 rings (SSSR count). The van der Waals surface area contributed by atoms with Crippen molar-refractivity contribution in [2.24, 2.45) is 16.3 Å². The predicted octanol–water partition coefficient (Wildman–Crippen LogP) is 3.24. The van der Waals surface area contributed by atoms with Crippen LogP contribution in [0.1, 0.15) is 33.6 Å². The SMILES string of the molecule is CCN=C(NC1CCN(c2ccccc2OC(F)F)C1)NC1C2CCOC2C1(C)C. The van der Waals surface area contributed by atoms with Crippen molar-refractivity contribution >= 4 is 11.6 Å². The van der Waals surface area contributed by atoms with Crippen molar-refractivity contribution < 1.29 is 18.3 Å². The molecule has 6 nitrogen and oxygen atoms in total. The number of fused-ring (bicyclic) bond motifs is 1. The molecular formula is C22H32F2N4O2. The molecule has 2 saturated heterocycles. The zero-order chi connectivity index (χ0) is 21.3. The van der Waals surface area contributed by atoms with Crippen LogP contribution >= 0.6 is 0 Å². The fourth-order valence-corrected chi connectivity index (χ4v) is 5.26. The first-order chi connectivity index (χ1) is 14.4. The van der Waals surface area contributed by atoms with Gasteiger partial charge in [0.25, 0.3) is 0 Å². The van der Waals surface area contributed by atoms with Gasteiger partial charge >= 0.3 is 6.61 Å². The zero-order valence-electron chi connectivity index (χ0n) is 17.9. The number of nitrogens with one attached hydrogen (secondary N) is 2. The Morgan fingerprint density at radius 1 is 1.30 bits per heavy atom. The zero-order valence-corrected chi connectivity index (χ0v) is 17.9. The predicted molar refractivity (Wildman–Crippen MR) is 113 cm³/mol. The van der Waals surface area contributed by atoms with E-state index in [2.05, 4.69) is 34.4 Å². The highest BCUT2D eigenvalue weighted by Crippen LogP contribution is 2.52. The van der Waals surface area contributed by atoms with Crippen molar-refractivity contribution in [3.63, 3.8) is 0 Å². The van der Waals surface area contributed by atoms with Gasteiger partial charge in [-0.3, -0.25) is 4.99 Å². The molecule has 3 aliphatic rings. The highest BCUT2D eigenvalue weighted by molar-refractivity contribution is 5.81. The number of rotatable bonds is 6. The number of ether oxygens (including phenoxy) is 2. The number of hydrogen-bond donors (Lipinski definition) is 2. The van der Waals surface area contributed by atoms with Gasteiger partial charge in [0, 0.05) is 49.7 Å². The average Bonchev–Trinajstić information content (AvgIpc) is 3.34. The summed E-state index contributed by atoms with van der Waals surface area (Å²) in [6.07, 6.45) is 2.31. The molecule has 2 aliphatic heterocycles. The third-order valence-corrected chi connectivity index (χ3v) is 6.66. The molecule has 8 heteroatoms. The Labute approximate surface area is 177 Å². The van der Waals surface area contributed by atoms with Gasteiger partial charge in [-0.1, -0.05) is 26.0 Å². The van der Waals surface area contributed by atoms with Gasteiger partial charge in [0.05, 0.1) is 11.8 Å². The molecule has 0 radical (unpaired) electrons. The first-order valence-electron chi connectivity index (χ1n) is 10.9. The van der Waals surface area contributed by atoms with Crippen molar-refractivity contribution in [3.8, 4) is 5.75 Å². The van der Waals surface area contributed by atoms with E-state index in [0.29, 0.717) is 36.8 Å². The lowest BCUT2D eigenvalue weighted by Crippen LogP contribution is -2.68. The second kappa shape index (κ2) is 8.57. The van der Waals surface area contributed by atoms with E-state index < -0.39 is 6.61 Å². The van der Waals surface area contributed by atoms with E-state index in [4.69, 9.17) is 9.47 Å². The lowest BCUT2D eigenvalue weighted by atomic mass is 9.57. The Balaban J connectivity index is 1.39. The summed E-state index contributed by atoms with van der Waals surface area (Å²) in [5.74, 6) is 1.57. The van der Waals surface area contributed by atoms with E-state index in [1.165, 1.54) is 0 Å². The number of hydrogen-bond acceptors (Lipinski definition) is 4. The van der Waals surface area contributed by atoms with Gasteiger partial charge in [-0.15, -0.1) is 0 Å². The number of anilines is 1. The Kier molecular flexibility index (Phi) is 6.04. The molecule has 4 unspecified atom stereocenters. The molecule has 1 aromatic rings. The molecule has 1 aliphatic carbocycles. The molecule has 2 heterocycles. The van der Waals surface area contributed by atoms with Crippen LogP contribution in [0.4, 0.5) is 14.5 Å². The van der Waals surface area contributed by atoms with Crippen molar-refractivity contribution in [1.29, 1.82) is 0 Å². The van der Waals surface area contributed by atoms with Crippen molar-refractivity contribution in [3.05, 3.63) is 24.3 Å². The van der Waals surface area contributed by atoms with Gasteiger partial charge in [-0.25, -0.2) is 0 Å². The van der Waals surface area contributed by atoms with Gasteiger partial charge in [0.1, 0.15) is 5.75 Å². The topological polar surface area (TPSA) is 58.1 Å². The number of guanidine groups is 1. The number of halogens is 2. The Bertz CT molecular complexity index is 773. The molecule has 166 valence electrons. The molecule has 2 N–H and O–H groups in total. The summed E-state index contributed by atoms with van der Waals surface area (Å²) >= 11 is 0. The molecule has 0 aromatic heterocycles. The molecule has 30 heavy (non-hydrogen) atoms. The van der Waals surface area contributed by atoms with Gasteiger partial charge in [-0.2, -0.15) is 8.78 Å². The number of para-hydroxylation sites is 2. The average molecular weight is 423 g/mol. The fraction of sp³-hybridized carbons (Fsp3) is 0.682. The summed E-state index contributed by atoms with van der Waals surface area (Å²) in [6.45, 7) is 6.69. The second-order valence-corrected chi connectivity index (χ2v) is 8.93. The van der Waals surface area contributed by atoms with Crippen molar-refractivity contribution in [2.45, 2.75) is 58.4 Å². The van der Waals surface area contributed by atoms with E-state index in [1.807, 2.05) is 19.1 Å². The molecule has 3 fully saturated rings. The summed E-state index contributed by atoms with van der Waals surface area (Å²) in [5, 5.41) is 7.21. The molecule has 4 atom stereocenters. The molecule has 1 aromatic carbocycles. The Morgan fingerprint density at radius 3 is 2.87 bits per heavy atom. The fourth-order valence-electron chi connectivity index (χ4n) is 5.26. The number of alkyl halides is 2. The minimum atomic E-state index is -2.83. The quantitative estimate of drug-likeness (QED) is 0.545. The van der Waals surface area contributed by atoms with Gasteiger partial charge < -0.3 is 25.0 Å². The number of nitrogens with zero attached hydrogens (tertiary/aromatic N) is 2. The van der Waals surface area contributed by atoms with Crippen molar-refractivity contribution in [2.75, 3.05) is 31.1 Å². The lowest BCUT2D eigenvalue weighted by molar-refractivity contribution is -0.106. The number of aliphatic imine (C=N–C) groups is 1. The maximum atomic E-state index is 12.8. The normalized spacial score (nSPS) is 30.2. The van der Waals surface area contributed by atoms with E-state index in [-0.39, 0.29) is 17.2 Å². The van der Waals surface area contributed by atoms with Crippen LogP contribution in [0.25, 0.3) is 0 Å². The van der Waals surface area contributed by atoms with Crippen LogP contribution in [0.3, 0.4) is 0 Å². The molecule has 0 spiro atoms. The summed E-state index contributed by atoms with van der Waals surface area (Å²) in [5.41, 5.74) is 0.778. The van der Waals surface area contributed by atoms with Crippen molar-refractivity contribution in [1.82, 2.24) is 10.6 Å². The van der Waals surface area contributed by atoms with Crippen LogP contribution in [0.2, 0.25) is 0 Å². The van der Waals surface area contributed by atoms with Gasteiger partial charge in [0.15, 0.2) is 5.96 Å². The van der Waals surface area contributed by atoms with E-state index >= 15 is 0 Å². The Hall–Kier alpha value is -2.09. The van der Waals surface area contributed by atoms with Crippen LogP contribution in [-0.4, -0.2) is 57.0 Å². The largest absolute Gasteiger partial charge is 0.433 e. The van der Waals surface area contributed by atoms with Crippen LogP contribution in [0.5, 0.6) is 5.75 Å². The minimum absolute atomic E-state index is 0.0740. The third-order valence-electron chi connectivity index (χ3n) is 6.66. The van der Waals surface area contributed by atoms with E-state index in [9.17, 15) is 8.78 Å². The second-order valence-electron chi connectivity index (χ2n) is 8.93. The number of benzene rings is 1. The van der Waals surface area contributed by atoms with Gasteiger partial charge in [-0.05, 0) is 31.9 Å². The smallest absolute Gasteiger partial charge is 0.387 e. The lowest BCUT2D eigenvalue weighted by Gasteiger charge is -2.55. The maximum Gasteiger partial charge on any atom is 0.387 e. The van der Waals surface area contributed by atoms with Crippen LogP contribution in [0.15, 0.2) is 29.3 Å². The highest BCUT2D eigenvalue weighted by atomic mass is 19.3. The van der Waals surface area contributed by atoms with Gasteiger partial charge in [0.2, 0.25) is 0 Å². The summed E-state index contributed by atoms with van der Waals surface area (Å²) < 4.78 is 36.1. The summed E-state index contributed by atoms with van der Waals surface area (Å²) in [6, 6.07) is 7.49. The summed E-state index contributed by atoms with van der Waals surface area (Å²) in [7, 11) is 0. The van der Waals surface area contributed by atoms with Crippen LogP contribution in [-0.2, 0) is 4.74 Å². The highest BCUT2D eigenvalue weighted by Gasteiger charge is 2.59.